The summed E-state index contributed by atoms with van der Waals surface area (Å²) in [6, 6.07) is 6.19. The number of hydrogen-bond donors (Lipinski definition) is 2. The summed E-state index contributed by atoms with van der Waals surface area (Å²) in [4.78, 5) is 35.7. The lowest BCUT2D eigenvalue weighted by Gasteiger charge is -2.40. The van der Waals surface area contributed by atoms with Crippen LogP contribution in [0.25, 0.3) is 0 Å². The van der Waals surface area contributed by atoms with E-state index in [1.165, 1.54) is 32.1 Å². The molecule has 1 saturated heterocycles. The Kier molecular flexibility index (Phi) is 8.91. The monoisotopic (exact) mass is 422 g/mol. The Morgan fingerprint density at radius 3 is 1.80 bits per heavy atom. The summed E-state index contributed by atoms with van der Waals surface area (Å²) in [5.41, 5.74) is 0.536. The van der Waals surface area contributed by atoms with Gasteiger partial charge in [0.25, 0.3) is 5.91 Å². The van der Waals surface area contributed by atoms with Crippen LogP contribution in [0.15, 0.2) is 18.2 Å². The van der Waals surface area contributed by atoms with Gasteiger partial charge in [0.1, 0.15) is 17.1 Å². The van der Waals surface area contributed by atoms with Gasteiger partial charge in [-0.05, 0) is 25.0 Å². The molecule has 0 radical (unpaired) electrons. The van der Waals surface area contributed by atoms with Gasteiger partial charge in [0.05, 0.1) is 14.2 Å². The van der Waals surface area contributed by atoms with E-state index in [9.17, 15) is 4.79 Å². The highest BCUT2D eigenvalue weighted by Crippen LogP contribution is 2.30. The van der Waals surface area contributed by atoms with E-state index < -0.39 is 11.9 Å². The van der Waals surface area contributed by atoms with Crippen molar-refractivity contribution in [3.05, 3.63) is 23.8 Å². The molecule has 1 aliphatic heterocycles. The zero-order valence-corrected chi connectivity index (χ0v) is 17.5. The highest BCUT2D eigenvalue weighted by Gasteiger charge is 2.29. The third-order valence-electron chi connectivity index (χ3n) is 5.52. The number of rotatable bonds is 4. The van der Waals surface area contributed by atoms with Crippen molar-refractivity contribution in [1.29, 1.82) is 0 Å². The molecule has 0 aromatic heterocycles. The summed E-state index contributed by atoms with van der Waals surface area (Å²) < 4.78 is 10.8. The van der Waals surface area contributed by atoms with Crippen LogP contribution in [0, 0.1) is 0 Å². The molecule has 1 heterocycles. The van der Waals surface area contributed by atoms with Gasteiger partial charge in [-0.3, -0.25) is 9.69 Å². The highest BCUT2D eigenvalue weighted by molar-refractivity contribution is 6.27. The van der Waals surface area contributed by atoms with E-state index in [1.807, 2.05) is 23.1 Å². The average molecular weight is 422 g/mol. The number of nitrogens with zero attached hydrogens (tertiary/aromatic N) is 2. The number of aliphatic carboxylic acids is 2. The van der Waals surface area contributed by atoms with Crippen LogP contribution in [0.3, 0.4) is 0 Å². The molecule has 2 fully saturated rings. The predicted octanol–water partition coefficient (Wildman–Crippen LogP) is 1.95. The molecule has 0 bridgehead atoms. The molecule has 1 aromatic carbocycles. The number of hydrogen-bond acceptors (Lipinski definition) is 6. The molecule has 3 rings (SSSR count). The maximum atomic E-state index is 13.0. The number of benzene rings is 1. The second-order valence-corrected chi connectivity index (χ2v) is 7.27. The van der Waals surface area contributed by atoms with Gasteiger partial charge >= 0.3 is 11.9 Å². The van der Waals surface area contributed by atoms with Crippen LogP contribution in [0.4, 0.5) is 0 Å². The molecule has 0 unspecified atom stereocenters. The Bertz CT molecular complexity index is 705. The van der Waals surface area contributed by atoms with Crippen LogP contribution in [0.1, 0.15) is 42.5 Å². The molecule has 1 aromatic rings. The smallest absolute Gasteiger partial charge is 0.414 e. The third kappa shape index (κ3) is 6.09. The number of amides is 1. The van der Waals surface area contributed by atoms with Gasteiger partial charge in [-0.2, -0.15) is 0 Å². The van der Waals surface area contributed by atoms with Crippen LogP contribution in [-0.4, -0.2) is 84.3 Å². The zero-order chi connectivity index (χ0) is 22.1. The zero-order valence-electron chi connectivity index (χ0n) is 17.5. The van der Waals surface area contributed by atoms with Crippen LogP contribution < -0.4 is 9.47 Å². The molecule has 30 heavy (non-hydrogen) atoms. The van der Waals surface area contributed by atoms with Crippen molar-refractivity contribution in [3.8, 4) is 11.5 Å². The first kappa shape index (κ1) is 23.5. The van der Waals surface area contributed by atoms with Crippen molar-refractivity contribution in [2.75, 3.05) is 40.4 Å². The number of piperazine rings is 1. The number of carbonyl (C=O) groups is 3. The first-order valence-corrected chi connectivity index (χ1v) is 10.1. The average Bonchev–Trinajstić information content (AvgIpc) is 2.79. The number of carboxylic acid groups (broad SMARTS) is 2. The van der Waals surface area contributed by atoms with Gasteiger partial charge in [0.15, 0.2) is 0 Å². The molecule has 1 amide bonds. The number of methoxy groups -OCH3 is 2. The highest BCUT2D eigenvalue weighted by atomic mass is 16.5. The SMILES string of the molecule is COc1cccc(OC)c1C(=O)N1CCN(C2CCCCC2)CC1.O=C(O)C(=O)O. The molecule has 2 N–H and O–H groups in total. The Balaban J connectivity index is 0.000000469. The molecule has 2 aliphatic rings. The fourth-order valence-corrected chi connectivity index (χ4v) is 3.96. The first-order valence-electron chi connectivity index (χ1n) is 10.1. The van der Waals surface area contributed by atoms with Crippen molar-refractivity contribution >= 4 is 17.8 Å². The maximum Gasteiger partial charge on any atom is 0.414 e. The van der Waals surface area contributed by atoms with E-state index in [1.54, 1.807) is 14.2 Å². The summed E-state index contributed by atoms with van der Waals surface area (Å²) in [5, 5.41) is 14.8. The second-order valence-electron chi connectivity index (χ2n) is 7.27. The summed E-state index contributed by atoms with van der Waals surface area (Å²) in [7, 11) is 3.18. The minimum atomic E-state index is -1.82. The van der Waals surface area contributed by atoms with E-state index in [2.05, 4.69) is 4.90 Å². The van der Waals surface area contributed by atoms with Crippen molar-refractivity contribution in [2.24, 2.45) is 0 Å². The van der Waals surface area contributed by atoms with Gasteiger partial charge in [-0.1, -0.05) is 25.3 Å². The molecule has 9 heteroatoms. The lowest BCUT2D eigenvalue weighted by molar-refractivity contribution is -0.159. The van der Waals surface area contributed by atoms with Gasteiger partial charge < -0.3 is 24.6 Å². The van der Waals surface area contributed by atoms with Gasteiger partial charge in [0, 0.05) is 32.2 Å². The Labute approximate surface area is 176 Å². The predicted molar refractivity (Wildman–Crippen MR) is 109 cm³/mol. The summed E-state index contributed by atoms with van der Waals surface area (Å²) in [6.07, 6.45) is 6.70. The van der Waals surface area contributed by atoms with Gasteiger partial charge in [-0.25, -0.2) is 9.59 Å². The molecule has 1 aliphatic carbocycles. The Hall–Kier alpha value is -2.81. The summed E-state index contributed by atoms with van der Waals surface area (Å²) >= 11 is 0. The Morgan fingerprint density at radius 2 is 1.37 bits per heavy atom. The van der Waals surface area contributed by atoms with Crippen molar-refractivity contribution in [3.63, 3.8) is 0 Å². The van der Waals surface area contributed by atoms with Gasteiger partial charge in [0.2, 0.25) is 0 Å². The fourth-order valence-electron chi connectivity index (χ4n) is 3.96. The lowest BCUT2D eigenvalue weighted by Crippen LogP contribution is -2.52. The van der Waals surface area contributed by atoms with Crippen LogP contribution >= 0.6 is 0 Å². The van der Waals surface area contributed by atoms with Gasteiger partial charge in [-0.15, -0.1) is 0 Å². The molecule has 0 spiro atoms. The number of carbonyl (C=O) groups excluding carboxylic acids is 1. The van der Waals surface area contributed by atoms with Crippen LogP contribution in [0.5, 0.6) is 11.5 Å². The number of carboxylic acids is 2. The molecule has 9 nitrogen and oxygen atoms in total. The van der Waals surface area contributed by atoms with E-state index in [4.69, 9.17) is 29.3 Å². The molecule has 166 valence electrons. The van der Waals surface area contributed by atoms with E-state index in [0.29, 0.717) is 17.1 Å². The normalized spacial score (nSPS) is 17.5. The van der Waals surface area contributed by atoms with E-state index in [-0.39, 0.29) is 5.91 Å². The second kappa shape index (κ2) is 11.4. The number of ether oxygens (including phenoxy) is 2. The quantitative estimate of drug-likeness (QED) is 0.707. The van der Waals surface area contributed by atoms with E-state index in [0.717, 1.165) is 32.2 Å². The van der Waals surface area contributed by atoms with Crippen molar-refractivity contribution in [2.45, 2.75) is 38.1 Å². The van der Waals surface area contributed by atoms with E-state index >= 15 is 0 Å². The Morgan fingerprint density at radius 1 is 0.867 bits per heavy atom. The molecule has 1 saturated carbocycles. The summed E-state index contributed by atoms with van der Waals surface area (Å²) in [5.74, 6) is -2.49. The summed E-state index contributed by atoms with van der Waals surface area (Å²) in [6.45, 7) is 3.48. The standard InChI is InChI=1S/C19H28N2O3.C2H2O4/c1-23-16-9-6-10-17(24-2)18(16)19(22)21-13-11-20(12-14-21)15-7-4-3-5-8-15;3-1(4)2(5)6/h6,9-10,15H,3-5,7-8,11-14H2,1-2H3;(H,3,4)(H,5,6). The van der Waals surface area contributed by atoms with Crippen LogP contribution in [0.2, 0.25) is 0 Å². The maximum absolute atomic E-state index is 13.0. The molecular formula is C21H30N2O7. The topological polar surface area (TPSA) is 117 Å². The lowest BCUT2D eigenvalue weighted by atomic mass is 9.94. The minimum absolute atomic E-state index is 0.00703. The van der Waals surface area contributed by atoms with Crippen LogP contribution in [-0.2, 0) is 9.59 Å². The third-order valence-corrected chi connectivity index (χ3v) is 5.52. The largest absolute Gasteiger partial charge is 0.496 e. The fraction of sp³-hybridized carbons (Fsp3) is 0.571. The van der Waals surface area contributed by atoms with Crippen molar-refractivity contribution < 1.29 is 34.1 Å². The first-order chi connectivity index (χ1) is 14.4. The molecule has 0 atom stereocenters. The minimum Gasteiger partial charge on any atom is -0.496 e. The van der Waals surface area contributed by atoms with Crippen molar-refractivity contribution in [1.82, 2.24) is 9.80 Å². The molecular weight excluding hydrogens is 392 g/mol.